The SMILES string of the molecule is CCOc1ccc(C(C)=CC(C)=O)cc1OC. The second-order valence-electron chi connectivity index (χ2n) is 3.74. The van der Waals surface area contributed by atoms with E-state index in [4.69, 9.17) is 9.47 Å². The molecule has 17 heavy (non-hydrogen) atoms. The quantitative estimate of drug-likeness (QED) is 0.734. The Bertz CT molecular complexity index is 433. The van der Waals surface area contributed by atoms with Crippen molar-refractivity contribution in [2.24, 2.45) is 0 Å². The van der Waals surface area contributed by atoms with Gasteiger partial charge >= 0.3 is 0 Å². The molecular formula is C14H18O3. The van der Waals surface area contributed by atoms with E-state index >= 15 is 0 Å². The number of carbonyl (C=O) groups excluding carboxylic acids is 1. The number of benzene rings is 1. The summed E-state index contributed by atoms with van der Waals surface area (Å²) >= 11 is 0. The Morgan fingerprint density at radius 1 is 1.29 bits per heavy atom. The van der Waals surface area contributed by atoms with Gasteiger partial charge < -0.3 is 9.47 Å². The molecule has 1 rings (SSSR count). The molecule has 0 saturated heterocycles. The van der Waals surface area contributed by atoms with Crippen LogP contribution in [0.2, 0.25) is 0 Å². The molecule has 3 heteroatoms. The van der Waals surface area contributed by atoms with E-state index in [0.29, 0.717) is 12.4 Å². The van der Waals surface area contributed by atoms with Crippen LogP contribution in [0.1, 0.15) is 26.3 Å². The summed E-state index contributed by atoms with van der Waals surface area (Å²) in [6.07, 6.45) is 1.61. The van der Waals surface area contributed by atoms with Crippen LogP contribution in [-0.4, -0.2) is 19.5 Å². The van der Waals surface area contributed by atoms with Crippen LogP contribution in [0.4, 0.5) is 0 Å². The van der Waals surface area contributed by atoms with Gasteiger partial charge in [0.25, 0.3) is 0 Å². The van der Waals surface area contributed by atoms with Crippen LogP contribution < -0.4 is 9.47 Å². The van der Waals surface area contributed by atoms with Crippen molar-refractivity contribution >= 4 is 11.4 Å². The standard InChI is InChI=1S/C14H18O3/c1-5-17-13-7-6-12(9-14(13)16-4)10(2)8-11(3)15/h6-9H,5H2,1-4H3. The van der Waals surface area contributed by atoms with Crippen LogP contribution >= 0.6 is 0 Å². The lowest BCUT2D eigenvalue weighted by molar-refractivity contribution is -0.112. The largest absolute Gasteiger partial charge is 0.493 e. The first-order valence-electron chi connectivity index (χ1n) is 5.58. The second kappa shape index (κ2) is 6.09. The average molecular weight is 234 g/mol. The summed E-state index contributed by atoms with van der Waals surface area (Å²) in [7, 11) is 1.60. The van der Waals surface area contributed by atoms with E-state index in [9.17, 15) is 4.79 Å². The van der Waals surface area contributed by atoms with E-state index in [-0.39, 0.29) is 5.78 Å². The first-order chi connectivity index (χ1) is 8.08. The van der Waals surface area contributed by atoms with E-state index in [1.165, 1.54) is 6.92 Å². The monoisotopic (exact) mass is 234 g/mol. The van der Waals surface area contributed by atoms with Gasteiger partial charge in [0.1, 0.15) is 0 Å². The fourth-order valence-electron chi connectivity index (χ4n) is 1.58. The van der Waals surface area contributed by atoms with Crippen LogP contribution in [0.25, 0.3) is 5.57 Å². The second-order valence-corrected chi connectivity index (χ2v) is 3.74. The van der Waals surface area contributed by atoms with Gasteiger partial charge in [-0.3, -0.25) is 4.79 Å². The predicted molar refractivity (Wildman–Crippen MR) is 68.5 cm³/mol. The molecule has 0 fully saturated rings. The van der Waals surface area contributed by atoms with Crippen LogP contribution in [-0.2, 0) is 4.79 Å². The predicted octanol–water partition coefficient (Wildman–Crippen LogP) is 3.09. The van der Waals surface area contributed by atoms with Gasteiger partial charge in [0.05, 0.1) is 13.7 Å². The zero-order valence-corrected chi connectivity index (χ0v) is 10.7. The maximum atomic E-state index is 11.0. The summed E-state index contributed by atoms with van der Waals surface area (Å²) < 4.78 is 10.7. The molecule has 0 spiro atoms. The molecule has 0 N–H and O–H groups in total. The van der Waals surface area contributed by atoms with Crippen LogP contribution in [0.15, 0.2) is 24.3 Å². The summed E-state index contributed by atoms with van der Waals surface area (Å²) in [5.41, 5.74) is 1.87. The number of methoxy groups -OCH3 is 1. The van der Waals surface area contributed by atoms with E-state index in [1.807, 2.05) is 32.0 Å². The third-order valence-corrected chi connectivity index (χ3v) is 2.34. The summed E-state index contributed by atoms with van der Waals surface area (Å²) in [6.45, 7) is 5.96. The number of hydrogen-bond donors (Lipinski definition) is 0. The minimum atomic E-state index is 0.0374. The molecule has 1 aromatic rings. The highest BCUT2D eigenvalue weighted by Gasteiger charge is 2.06. The highest BCUT2D eigenvalue weighted by atomic mass is 16.5. The minimum absolute atomic E-state index is 0.0374. The van der Waals surface area contributed by atoms with Gasteiger partial charge in [0.2, 0.25) is 0 Å². The van der Waals surface area contributed by atoms with Crippen molar-refractivity contribution in [2.45, 2.75) is 20.8 Å². The molecule has 0 saturated carbocycles. The molecule has 0 aliphatic carbocycles. The van der Waals surface area contributed by atoms with Gasteiger partial charge in [-0.05, 0) is 50.1 Å². The molecule has 0 bridgehead atoms. The zero-order chi connectivity index (χ0) is 12.8. The van der Waals surface area contributed by atoms with Crippen LogP contribution in [0.5, 0.6) is 11.5 Å². The first-order valence-corrected chi connectivity index (χ1v) is 5.58. The Balaban J connectivity index is 3.08. The van der Waals surface area contributed by atoms with Crippen LogP contribution in [0.3, 0.4) is 0 Å². The van der Waals surface area contributed by atoms with Crippen molar-refractivity contribution in [1.82, 2.24) is 0 Å². The number of hydrogen-bond acceptors (Lipinski definition) is 3. The highest BCUT2D eigenvalue weighted by Crippen LogP contribution is 2.30. The van der Waals surface area contributed by atoms with Gasteiger partial charge in [0.15, 0.2) is 17.3 Å². The van der Waals surface area contributed by atoms with Crippen LogP contribution in [0, 0.1) is 0 Å². The number of ether oxygens (including phenoxy) is 2. The van der Waals surface area contributed by atoms with Gasteiger partial charge in [-0.1, -0.05) is 6.07 Å². The Labute approximate surface area is 102 Å². The molecule has 0 atom stereocenters. The number of carbonyl (C=O) groups is 1. The first kappa shape index (κ1) is 13.3. The van der Waals surface area contributed by atoms with E-state index in [2.05, 4.69) is 0 Å². The van der Waals surface area contributed by atoms with E-state index in [1.54, 1.807) is 13.2 Å². The van der Waals surface area contributed by atoms with Crippen molar-refractivity contribution in [1.29, 1.82) is 0 Å². The summed E-state index contributed by atoms with van der Waals surface area (Å²) in [6, 6.07) is 5.65. The number of rotatable bonds is 5. The molecule has 0 radical (unpaired) electrons. The summed E-state index contributed by atoms with van der Waals surface area (Å²) in [5.74, 6) is 1.44. The lowest BCUT2D eigenvalue weighted by atomic mass is 10.1. The maximum absolute atomic E-state index is 11.0. The fourth-order valence-corrected chi connectivity index (χ4v) is 1.58. The molecule has 92 valence electrons. The van der Waals surface area contributed by atoms with E-state index in [0.717, 1.165) is 16.9 Å². The smallest absolute Gasteiger partial charge is 0.161 e. The van der Waals surface area contributed by atoms with Crippen molar-refractivity contribution in [3.63, 3.8) is 0 Å². The number of ketones is 1. The minimum Gasteiger partial charge on any atom is -0.493 e. The molecular weight excluding hydrogens is 216 g/mol. The van der Waals surface area contributed by atoms with Gasteiger partial charge in [0, 0.05) is 0 Å². The molecule has 0 amide bonds. The van der Waals surface area contributed by atoms with Gasteiger partial charge in [-0.25, -0.2) is 0 Å². The van der Waals surface area contributed by atoms with Crippen molar-refractivity contribution < 1.29 is 14.3 Å². The van der Waals surface area contributed by atoms with Crippen molar-refractivity contribution in [3.05, 3.63) is 29.8 Å². The Morgan fingerprint density at radius 2 is 2.00 bits per heavy atom. The van der Waals surface area contributed by atoms with Crippen molar-refractivity contribution in [3.8, 4) is 11.5 Å². The van der Waals surface area contributed by atoms with E-state index < -0.39 is 0 Å². The lowest BCUT2D eigenvalue weighted by Crippen LogP contribution is -1.96. The lowest BCUT2D eigenvalue weighted by Gasteiger charge is -2.11. The fraction of sp³-hybridized carbons (Fsp3) is 0.357. The molecule has 0 aromatic heterocycles. The topological polar surface area (TPSA) is 35.5 Å². The van der Waals surface area contributed by atoms with Gasteiger partial charge in [-0.15, -0.1) is 0 Å². The highest BCUT2D eigenvalue weighted by molar-refractivity contribution is 5.94. The molecule has 3 nitrogen and oxygen atoms in total. The maximum Gasteiger partial charge on any atom is 0.161 e. The third-order valence-electron chi connectivity index (χ3n) is 2.34. The summed E-state index contributed by atoms with van der Waals surface area (Å²) in [4.78, 5) is 11.0. The molecule has 0 aliphatic heterocycles. The normalized spacial score (nSPS) is 11.2. The Morgan fingerprint density at radius 3 is 2.53 bits per heavy atom. The number of allylic oxidation sites excluding steroid dienone is 2. The molecule has 1 aromatic carbocycles. The Hall–Kier alpha value is -1.77. The summed E-state index contributed by atoms with van der Waals surface area (Å²) in [5, 5.41) is 0. The van der Waals surface area contributed by atoms with Gasteiger partial charge in [-0.2, -0.15) is 0 Å². The molecule has 0 unspecified atom stereocenters. The molecule has 0 heterocycles. The third kappa shape index (κ3) is 3.63. The zero-order valence-electron chi connectivity index (χ0n) is 10.7. The molecule has 0 aliphatic rings. The Kier molecular flexibility index (Phi) is 4.76. The van der Waals surface area contributed by atoms with Crippen molar-refractivity contribution in [2.75, 3.05) is 13.7 Å². The average Bonchev–Trinajstić information content (AvgIpc) is 2.29.